The van der Waals surface area contributed by atoms with Crippen molar-refractivity contribution in [2.24, 2.45) is 13.0 Å². The van der Waals surface area contributed by atoms with E-state index in [-0.39, 0.29) is 5.91 Å². The predicted molar refractivity (Wildman–Crippen MR) is 67.4 cm³/mol. The van der Waals surface area contributed by atoms with E-state index < -0.39 is 0 Å². The smallest absolute Gasteiger partial charge is 0.270 e. The molecule has 16 heavy (non-hydrogen) atoms. The van der Waals surface area contributed by atoms with Gasteiger partial charge in [0.1, 0.15) is 5.69 Å². The number of likely N-dealkylation sites (tertiary alicyclic amines) is 1. The Balaban J connectivity index is 2.22. The molecule has 1 saturated heterocycles. The Morgan fingerprint density at radius 1 is 1.50 bits per heavy atom. The van der Waals surface area contributed by atoms with Gasteiger partial charge in [0, 0.05) is 30.3 Å². The lowest BCUT2D eigenvalue weighted by Gasteiger charge is -2.21. The second-order valence-corrected chi connectivity index (χ2v) is 5.72. The summed E-state index contributed by atoms with van der Waals surface area (Å²) in [5.74, 6) is 0.757. The quantitative estimate of drug-likeness (QED) is 0.778. The van der Waals surface area contributed by atoms with Gasteiger partial charge in [-0.1, -0.05) is 6.92 Å². The molecule has 1 fully saturated rings. The van der Waals surface area contributed by atoms with E-state index in [0.717, 1.165) is 23.1 Å². The monoisotopic (exact) mass is 284 g/mol. The molecule has 1 aliphatic heterocycles. The summed E-state index contributed by atoms with van der Waals surface area (Å²) in [5, 5.41) is 0. The molecule has 88 valence electrons. The van der Waals surface area contributed by atoms with Crippen LogP contribution in [0.2, 0.25) is 0 Å². The Morgan fingerprint density at radius 2 is 2.19 bits per heavy atom. The minimum absolute atomic E-state index is 0.144. The average Bonchev–Trinajstić information content (AvgIpc) is 2.68. The molecule has 2 heterocycles. The fourth-order valence-corrected chi connectivity index (χ4v) is 2.99. The first-order chi connectivity index (χ1) is 7.49. The van der Waals surface area contributed by atoms with Crippen molar-refractivity contribution < 1.29 is 4.79 Å². The Kier molecular flexibility index (Phi) is 3.10. The van der Waals surface area contributed by atoms with Crippen LogP contribution in [-0.4, -0.2) is 28.0 Å². The summed E-state index contributed by atoms with van der Waals surface area (Å²) < 4.78 is 2.83. The topological polar surface area (TPSA) is 25.2 Å². The van der Waals surface area contributed by atoms with Gasteiger partial charge >= 0.3 is 0 Å². The molecule has 2 rings (SSSR count). The minimum Gasteiger partial charge on any atom is -0.345 e. The zero-order chi connectivity index (χ0) is 11.9. The van der Waals surface area contributed by atoms with E-state index in [1.807, 2.05) is 28.8 Å². The molecule has 4 heteroatoms. The van der Waals surface area contributed by atoms with Crippen molar-refractivity contribution in [1.29, 1.82) is 0 Å². The third-order valence-corrected chi connectivity index (χ3v) is 3.67. The zero-order valence-corrected chi connectivity index (χ0v) is 11.5. The van der Waals surface area contributed by atoms with Crippen molar-refractivity contribution in [3.63, 3.8) is 0 Å². The molecule has 1 aliphatic rings. The van der Waals surface area contributed by atoms with E-state index in [1.54, 1.807) is 0 Å². The number of amides is 1. The summed E-state index contributed by atoms with van der Waals surface area (Å²) in [6.07, 6.45) is 3.02. The molecule has 0 aromatic carbocycles. The molecule has 0 aliphatic carbocycles. The van der Waals surface area contributed by atoms with Gasteiger partial charge in [0.05, 0.1) is 0 Å². The van der Waals surface area contributed by atoms with Crippen molar-refractivity contribution in [1.82, 2.24) is 9.47 Å². The van der Waals surface area contributed by atoms with Gasteiger partial charge in [-0.25, -0.2) is 0 Å². The third-order valence-electron chi connectivity index (χ3n) is 3.24. The average molecular weight is 285 g/mol. The molecular weight excluding hydrogens is 268 g/mol. The summed E-state index contributed by atoms with van der Waals surface area (Å²) in [6.45, 7) is 5.20. The third kappa shape index (κ3) is 2.03. The lowest BCUT2D eigenvalue weighted by Crippen LogP contribution is -2.34. The van der Waals surface area contributed by atoms with Crippen molar-refractivity contribution in [2.75, 3.05) is 6.54 Å². The number of nitrogens with zero attached hydrogens (tertiary/aromatic N) is 2. The summed E-state index contributed by atoms with van der Waals surface area (Å²) in [4.78, 5) is 14.3. The van der Waals surface area contributed by atoms with Crippen LogP contribution < -0.4 is 0 Å². The summed E-state index contributed by atoms with van der Waals surface area (Å²) >= 11 is 3.40. The highest BCUT2D eigenvalue weighted by atomic mass is 79.9. The lowest BCUT2D eigenvalue weighted by molar-refractivity contribution is 0.0734. The highest BCUT2D eigenvalue weighted by Gasteiger charge is 2.31. The number of hydrogen-bond donors (Lipinski definition) is 0. The summed E-state index contributed by atoms with van der Waals surface area (Å²) in [6, 6.07) is 2.24. The van der Waals surface area contributed by atoms with Crippen molar-refractivity contribution >= 4 is 21.8 Å². The summed E-state index contributed by atoms with van der Waals surface area (Å²) in [7, 11) is 1.90. The molecule has 0 N–H and O–H groups in total. The van der Waals surface area contributed by atoms with E-state index in [0.29, 0.717) is 12.0 Å². The molecular formula is C12H17BrN2O. The van der Waals surface area contributed by atoms with Gasteiger partial charge in [0.25, 0.3) is 5.91 Å². The Bertz CT molecular complexity index is 413. The zero-order valence-electron chi connectivity index (χ0n) is 9.90. The molecule has 0 radical (unpaired) electrons. The highest BCUT2D eigenvalue weighted by molar-refractivity contribution is 9.10. The number of aromatic nitrogens is 1. The predicted octanol–water partition coefficient (Wildman–Crippen LogP) is 2.66. The highest BCUT2D eigenvalue weighted by Crippen LogP contribution is 2.25. The largest absolute Gasteiger partial charge is 0.345 e. The van der Waals surface area contributed by atoms with Crippen LogP contribution in [0.25, 0.3) is 0 Å². The van der Waals surface area contributed by atoms with Gasteiger partial charge in [0.15, 0.2) is 0 Å². The van der Waals surface area contributed by atoms with Gasteiger partial charge in [0.2, 0.25) is 0 Å². The van der Waals surface area contributed by atoms with E-state index in [4.69, 9.17) is 0 Å². The standard InChI is InChI=1S/C12H17BrN2O/c1-8-4-9(2)15(6-8)12(16)11-5-10(13)7-14(11)3/h5,7-9H,4,6H2,1-3H3. The molecule has 3 nitrogen and oxygen atoms in total. The number of carbonyl (C=O) groups is 1. The molecule has 2 atom stereocenters. The van der Waals surface area contributed by atoms with E-state index >= 15 is 0 Å². The van der Waals surface area contributed by atoms with Gasteiger partial charge in [-0.3, -0.25) is 4.79 Å². The van der Waals surface area contributed by atoms with Crippen LogP contribution >= 0.6 is 15.9 Å². The number of hydrogen-bond acceptors (Lipinski definition) is 1. The fourth-order valence-electron chi connectivity index (χ4n) is 2.47. The van der Waals surface area contributed by atoms with Crippen LogP contribution in [0, 0.1) is 5.92 Å². The minimum atomic E-state index is 0.144. The lowest BCUT2D eigenvalue weighted by atomic mass is 10.1. The molecule has 1 aromatic heterocycles. The van der Waals surface area contributed by atoms with Crippen molar-refractivity contribution in [3.8, 4) is 0 Å². The van der Waals surface area contributed by atoms with Crippen LogP contribution in [0.15, 0.2) is 16.7 Å². The van der Waals surface area contributed by atoms with E-state index in [2.05, 4.69) is 29.8 Å². The van der Waals surface area contributed by atoms with Crippen molar-refractivity contribution in [3.05, 3.63) is 22.4 Å². The maximum absolute atomic E-state index is 12.3. The SMILES string of the molecule is CC1CC(C)N(C(=O)c2cc(Br)cn2C)C1. The second-order valence-electron chi connectivity index (χ2n) is 4.80. The Labute approximate surface area is 105 Å². The molecule has 0 spiro atoms. The molecule has 1 aromatic rings. The molecule has 0 saturated carbocycles. The Morgan fingerprint density at radius 3 is 2.62 bits per heavy atom. The van der Waals surface area contributed by atoms with Crippen molar-refractivity contribution in [2.45, 2.75) is 26.3 Å². The first-order valence-electron chi connectivity index (χ1n) is 5.62. The van der Waals surface area contributed by atoms with Crippen LogP contribution in [0.4, 0.5) is 0 Å². The number of halogens is 1. The number of aryl methyl sites for hydroxylation is 1. The second kappa shape index (κ2) is 4.24. The van der Waals surface area contributed by atoms with Crippen LogP contribution in [-0.2, 0) is 7.05 Å². The molecule has 2 unspecified atom stereocenters. The number of rotatable bonds is 1. The van der Waals surface area contributed by atoms with Crippen LogP contribution in [0.1, 0.15) is 30.8 Å². The molecule has 0 bridgehead atoms. The van der Waals surface area contributed by atoms with E-state index in [9.17, 15) is 4.79 Å². The maximum Gasteiger partial charge on any atom is 0.270 e. The van der Waals surface area contributed by atoms with E-state index in [1.165, 1.54) is 0 Å². The van der Waals surface area contributed by atoms with Gasteiger partial charge in [-0.2, -0.15) is 0 Å². The normalized spacial score (nSPS) is 25.1. The first-order valence-corrected chi connectivity index (χ1v) is 6.41. The fraction of sp³-hybridized carbons (Fsp3) is 0.583. The number of carbonyl (C=O) groups excluding carboxylic acids is 1. The van der Waals surface area contributed by atoms with Gasteiger partial charge in [-0.15, -0.1) is 0 Å². The maximum atomic E-state index is 12.3. The summed E-state index contributed by atoms with van der Waals surface area (Å²) in [5.41, 5.74) is 0.757. The van der Waals surface area contributed by atoms with Gasteiger partial charge in [-0.05, 0) is 41.3 Å². The van der Waals surface area contributed by atoms with Crippen LogP contribution in [0.3, 0.4) is 0 Å². The van der Waals surface area contributed by atoms with Crippen LogP contribution in [0.5, 0.6) is 0 Å². The molecule has 1 amide bonds. The van der Waals surface area contributed by atoms with Gasteiger partial charge < -0.3 is 9.47 Å². The Hall–Kier alpha value is -0.770. The first kappa shape index (κ1) is 11.7.